The van der Waals surface area contributed by atoms with Crippen molar-refractivity contribution >= 4 is 21.8 Å². The molecule has 1 aromatic carbocycles. The lowest BCUT2D eigenvalue weighted by Gasteiger charge is -2.10. The summed E-state index contributed by atoms with van der Waals surface area (Å²) in [6.07, 6.45) is 0. The van der Waals surface area contributed by atoms with Gasteiger partial charge >= 0.3 is 5.97 Å². The molecule has 146 valence electrons. The van der Waals surface area contributed by atoms with E-state index in [2.05, 4.69) is 0 Å². The minimum atomic E-state index is -3.97. The first kappa shape index (κ1) is 20.9. The van der Waals surface area contributed by atoms with Gasteiger partial charge in [-0.1, -0.05) is 0 Å². The maximum Gasteiger partial charge on any atom is 0.338 e. The van der Waals surface area contributed by atoms with Crippen LogP contribution in [-0.2, 0) is 21.3 Å². The third-order valence-electron chi connectivity index (χ3n) is 4.69. The summed E-state index contributed by atoms with van der Waals surface area (Å²) in [6.45, 7) is 9.32. The first-order valence-electron chi connectivity index (χ1n) is 8.48. The molecule has 0 saturated heterocycles. The smallest absolute Gasteiger partial charge is 0.338 e. The van der Waals surface area contributed by atoms with Gasteiger partial charge in [-0.3, -0.25) is 4.79 Å². The number of Topliss-reactive ketones (excluding diaryl/α,β-unsaturated/α-hetero) is 1. The summed E-state index contributed by atoms with van der Waals surface area (Å²) in [6, 6.07) is 4.46. The fourth-order valence-electron chi connectivity index (χ4n) is 3.10. The lowest BCUT2D eigenvalue weighted by atomic mass is 10.1. The second-order valence-corrected chi connectivity index (χ2v) is 8.02. The van der Waals surface area contributed by atoms with Crippen LogP contribution in [0.15, 0.2) is 23.1 Å². The summed E-state index contributed by atoms with van der Waals surface area (Å²) < 4.78 is 30.5. The number of aromatic nitrogens is 1. The molecular formula is C19H24N2O5S. The molecule has 0 saturated carbocycles. The molecule has 2 rings (SSSR count). The van der Waals surface area contributed by atoms with Crippen LogP contribution in [0.3, 0.4) is 0 Å². The number of primary sulfonamides is 1. The summed E-state index contributed by atoms with van der Waals surface area (Å²) in [4.78, 5) is 24.6. The van der Waals surface area contributed by atoms with Crippen LogP contribution < -0.4 is 5.14 Å². The zero-order valence-corrected chi connectivity index (χ0v) is 16.9. The first-order valence-corrected chi connectivity index (χ1v) is 10.0. The Morgan fingerprint density at radius 2 is 1.74 bits per heavy atom. The summed E-state index contributed by atoms with van der Waals surface area (Å²) in [7, 11) is -3.97. The highest BCUT2D eigenvalue weighted by Gasteiger charge is 2.20. The standard InChI is InChI=1S/C19H24N2O5S/c1-6-21-12(3)8-16(14(21)5)17(22)10-26-19(23)15-7-11(2)13(4)18(9-15)27(20,24)25/h7-9H,6,10H2,1-5H3,(H2,20,24,25). The molecule has 0 radical (unpaired) electrons. The Kier molecular flexibility index (Phi) is 5.91. The molecule has 2 N–H and O–H groups in total. The van der Waals surface area contributed by atoms with E-state index in [4.69, 9.17) is 9.88 Å². The number of sulfonamides is 1. The molecule has 0 unspecified atom stereocenters. The number of rotatable bonds is 6. The quantitative estimate of drug-likeness (QED) is 0.600. The number of aryl methyl sites for hydroxylation is 2. The lowest BCUT2D eigenvalue weighted by molar-refractivity contribution is 0.0474. The Labute approximate surface area is 159 Å². The normalized spacial score (nSPS) is 11.5. The molecule has 0 aliphatic carbocycles. The highest BCUT2D eigenvalue weighted by atomic mass is 32.2. The zero-order valence-electron chi connectivity index (χ0n) is 16.1. The van der Waals surface area contributed by atoms with Gasteiger partial charge < -0.3 is 9.30 Å². The van der Waals surface area contributed by atoms with Gasteiger partial charge in [-0.2, -0.15) is 0 Å². The minimum Gasteiger partial charge on any atom is -0.454 e. The average Bonchev–Trinajstić information content (AvgIpc) is 2.87. The number of ketones is 1. The van der Waals surface area contributed by atoms with Crippen LogP contribution in [0, 0.1) is 27.7 Å². The number of ether oxygens (including phenoxy) is 1. The molecule has 0 aliphatic heterocycles. The van der Waals surface area contributed by atoms with Crippen molar-refractivity contribution < 1.29 is 22.7 Å². The fraction of sp³-hybridized carbons (Fsp3) is 0.368. The molecule has 0 amide bonds. The predicted octanol–water partition coefficient (Wildman–Crippen LogP) is 2.43. The average molecular weight is 392 g/mol. The summed E-state index contributed by atoms with van der Waals surface area (Å²) >= 11 is 0. The lowest BCUT2D eigenvalue weighted by Crippen LogP contribution is -2.18. The van der Waals surface area contributed by atoms with Gasteiger partial charge in [0.15, 0.2) is 6.61 Å². The van der Waals surface area contributed by atoms with Gasteiger partial charge in [0.05, 0.1) is 10.5 Å². The van der Waals surface area contributed by atoms with Crippen molar-refractivity contribution in [3.8, 4) is 0 Å². The molecule has 8 heteroatoms. The van der Waals surface area contributed by atoms with Crippen molar-refractivity contribution in [1.29, 1.82) is 0 Å². The summed E-state index contributed by atoms with van der Waals surface area (Å²) in [5, 5.41) is 5.20. The van der Waals surface area contributed by atoms with Crippen LogP contribution in [-0.4, -0.2) is 31.3 Å². The largest absolute Gasteiger partial charge is 0.454 e. The van der Waals surface area contributed by atoms with Crippen LogP contribution in [0.25, 0.3) is 0 Å². The highest BCUT2D eigenvalue weighted by molar-refractivity contribution is 7.89. The molecule has 7 nitrogen and oxygen atoms in total. The Morgan fingerprint density at radius 3 is 2.26 bits per heavy atom. The van der Waals surface area contributed by atoms with E-state index < -0.39 is 22.6 Å². The van der Waals surface area contributed by atoms with Gasteiger partial charge in [-0.25, -0.2) is 18.4 Å². The maximum atomic E-state index is 12.4. The van der Waals surface area contributed by atoms with E-state index in [-0.39, 0.29) is 16.2 Å². The van der Waals surface area contributed by atoms with Crippen molar-refractivity contribution in [2.24, 2.45) is 5.14 Å². The van der Waals surface area contributed by atoms with Gasteiger partial charge in [-0.15, -0.1) is 0 Å². The van der Waals surface area contributed by atoms with E-state index in [1.807, 2.05) is 25.3 Å². The number of nitrogens with zero attached hydrogens (tertiary/aromatic N) is 1. The molecule has 0 fully saturated rings. The maximum absolute atomic E-state index is 12.4. The number of esters is 1. The summed E-state index contributed by atoms with van der Waals surface area (Å²) in [5.74, 6) is -1.09. The van der Waals surface area contributed by atoms with Crippen LogP contribution >= 0.6 is 0 Å². The molecule has 0 atom stereocenters. The van der Waals surface area contributed by atoms with E-state index in [1.165, 1.54) is 12.1 Å². The minimum absolute atomic E-state index is 0.0361. The Hall–Kier alpha value is -2.45. The predicted molar refractivity (Wildman–Crippen MR) is 101 cm³/mol. The number of hydrogen-bond donors (Lipinski definition) is 1. The van der Waals surface area contributed by atoms with E-state index in [1.54, 1.807) is 19.9 Å². The Bertz CT molecular complexity index is 1020. The van der Waals surface area contributed by atoms with E-state index in [0.717, 1.165) is 17.9 Å². The molecule has 0 spiro atoms. The number of carbonyl (C=O) groups excluding carboxylic acids is 2. The van der Waals surface area contributed by atoms with Gasteiger partial charge in [0.2, 0.25) is 15.8 Å². The third-order valence-corrected chi connectivity index (χ3v) is 5.72. The van der Waals surface area contributed by atoms with Crippen LogP contribution in [0.1, 0.15) is 50.2 Å². The van der Waals surface area contributed by atoms with Crippen LogP contribution in [0.5, 0.6) is 0 Å². The molecule has 1 heterocycles. The van der Waals surface area contributed by atoms with E-state index in [0.29, 0.717) is 16.7 Å². The van der Waals surface area contributed by atoms with Crippen molar-refractivity contribution in [3.05, 3.63) is 51.8 Å². The monoisotopic (exact) mass is 392 g/mol. The number of benzene rings is 1. The molecule has 0 aliphatic rings. The van der Waals surface area contributed by atoms with Crippen molar-refractivity contribution in [2.45, 2.75) is 46.1 Å². The molecular weight excluding hydrogens is 368 g/mol. The molecule has 0 bridgehead atoms. The van der Waals surface area contributed by atoms with Crippen molar-refractivity contribution in [2.75, 3.05) is 6.61 Å². The topological polar surface area (TPSA) is 108 Å². The second kappa shape index (κ2) is 7.66. The molecule has 1 aromatic heterocycles. The zero-order chi connectivity index (χ0) is 20.5. The third kappa shape index (κ3) is 4.28. The fourth-order valence-corrected chi connectivity index (χ4v) is 3.98. The van der Waals surface area contributed by atoms with Crippen LogP contribution in [0.2, 0.25) is 0 Å². The highest BCUT2D eigenvalue weighted by Crippen LogP contribution is 2.21. The van der Waals surface area contributed by atoms with Gasteiger partial charge in [0, 0.05) is 23.5 Å². The molecule has 27 heavy (non-hydrogen) atoms. The van der Waals surface area contributed by atoms with E-state index >= 15 is 0 Å². The van der Waals surface area contributed by atoms with E-state index in [9.17, 15) is 18.0 Å². The Balaban J connectivity index is 2.21. The van der Waals surface area contributed by atoms with Gasteiger partial charge in [0.25, 0.3) is 0 Å². The van der Waals surface area contributed by atoms with Crippen LogP contribution in [0.4, 0.5) is 0 Å². The summed E-state index contributed by atoms with van der Waals surface area (Å²) in [5.41, 5.74) is 3.38. The number of carbonyl (C=O) groups is 2. The SMILES string of the molecule is CCn1c(C)cc(C(=O)COC(=O)c2cc(C)c(C)c(S(N)(=O)=O)c2)c1C. The second-order valence-electron chi connectivity index (χ2n) is 6.49. The van der Waals surface area contributed by atoms with Crippen molar-refractivity contribution in [3.63, 3.8) is 0 Å². The first-order chi connectivity index (χ1) is 12.5. The molecule has 2 aromatic rings. The number of hydrogen-bond acceptors (Lipinski definition) is 5. The van der Waals surface area contributed by atoms with Crippen molar-refractivity contribution in [1.82, 2.24) is 4.57 Å². The van der Waals surface area contributed by atoms with Gasteiger partial charge in [0.1, 0.15) is 0 Å². The van der Waals surface area contributed by atoms with Gasteiger partial charge in [-0.05, 0) is 63.9 Å². The number of nitrogens with two attached hydrogens (primary N) is 1. The Morgan fingerprint density at radius 1 is 1.11 bits per heavy atom.